The summed E-state index contributed by atoms with van der Waals surface area (Å²) in [6, 6.07) is 18.7. The molecule has 0 saturated carbocycles. The van der Waals surface area contributed by atoms with Gasteiger partial charge in [-0.2, -0.15) is 0 Å². The number of esters is 4. The topological polar surface area (TPSA) is 205 Å². The first-order valence-electron chi connectivity index (χ1n) is 20.7. The van der Waals surface area contributed by atoms with Crippen LogP contribution in [0.4, 0.5) is 0 Å². The van der Waals surface area contributed by atoms with Crippen LogP contribution < -0.4 is 0 Å². The fourth-order valence-electron chi connectivity index (χ4n) is 6.66. The summed E-state index contributed by atoms with van der Waals surface area (Å²) in [5.74, 6) is -0.953. The Labute approximate surface area is 366 Å². The minimum absolute atomic E-state index is 0.00834. The van der Waals surface area contributed by atoms with Gasteiger partial charge in [-0.1, -0.05) is 98.1 Å². The summed E-state index contributed by atoms with van der Waals surface area (Å²) >= 11 is 0. The molecule has 0 bridgehead atoms. The summed E-state index contributed by atoms with van der Waals surface area (Å²) in [5, 5.41) is 40.0. The Balaban J connectivity index is 0.000000238. The minimum Gasteiger partial charge on any atom is -0.494 e. The monoisotopic (exact) mass is 866 g/mol. The van der Waals surface area contributed by atoms with E-state index in [0.29, 0.717) is 22.7 Å². The van der Waals surface area contributed by atoms with Gasteiger partial charge in [0.2, 0.25) is 0 Å². The summed E-state index contributed by atoms with van der Waals surface area (Å²) in [4.78, 5) is 47.1. The predicted octanol–water partition coefficient (Wildman–Crippen LogP) is 5.02. The van der Waals surface area contributed by atoms with Gasteiger partial charge < -0.3 is 48.8 Å². The number of carbonyl (C=O) groups excluding carboxylic acids is 4. The van der Waals surface area contributed by atoms with E-state index in [0.717, 1.165) is 17.2 Å². The second-order valence-corrected chi connectivity index (χ2v) is 15.1. The molecule has 6 rings (SSSR count). The van der Waals surface area contributed by atoms with Crippen LogP contribution in [-0.2, 0) is 47.6 Å². The molecule has 0 spiro atoms. The maximum Gasteiger partial charge on any atom is 0.339 e. The van der Waals surface area contributed by atoms with Crippen molar-refractivity contribution >= 4 is 35.0 Å². The Morgan fingerprint density at radius 3 is 1.43 bits per heavy atom. The van der Waals surface area contributed by atoms with Gasteiger partial charge in [0.1, 0.15) is 23.7 Å². The second-order valence-electron chi connectivity index (χ2n) is 15.1. The van der Waals surface area contributed by atoms with Crippen LogP contribution in [0, 0.1) is 11.8 Å². The summed E-state index contributed by atoms with van der Waals surface area (Å²) < 4.78 is 32.2. The highest BCUT2D eigenvalue weighted by Gasteiger charge is 2.33. The molecule has 4 N–H and O–H groups in total. The lowest BCUT2D eigenvalue weighted by Gasteiger charge is -2.29. The lowest BCUT2D eigenvalue weighted by atomic mass is 9.90. The minimum atomic E-state index is -1.04. The molecule has 0 amide bonds. The van der Waals surface area contributed by atoms with Gasteiger partial charge >= 0.3 is 23.9 Å². The zero-order valence-corrected chi connectivity index (χ0v) is 35.0. The van der Waals surface area contributed by atoms with Gasteiger partial charge in [0.15, 0.2) is 0 Å². The molecule has 63 heavy (non-hydrogen) atoms. The molecule has 2 heterocycles. The van der Waals surface area contributed by atoms with E-state index in [4.69, 9.17) is 28.4 Å². The van der Waals surface area contributed by atoms with Crippen molar-refractivity contribution in [2.75, 3.05) is 26.4 Å². The largest absolute Gasteiger partial charge is 0.494 e. The van der Waals surface area contributed by atoms with E-state index >= 15 is 0 Å². The second kappa shape index (κ2) is 23.8. The zero-order chi connectivity index (χ0) is 45.3. The first-order chi connectivity index (χ1) is 30.3. The zero-order valence-electron chi connectivity index (χ0n) is 35.0. The molecular formula is C49H54O14. The molecule has 2 aromatic carbocycles. The summed E-state index contributed by atoms with van der Waals surface area (Å²) in [6.07, 6.45) is 11.3. The Kier molecular flexibility index (Phi) is 18.0. The number of fused-ring (bicyclic) bond motifs is 2. The average Bonchev–Trinajstić information content (AvgIpc) is 3.28. The first kappa shape index (κ1) is 47.7. The lowest BCUT2D eigenvalue weighted by molar-refractivity contribution is -0.142. The number of hydrogen-bond donors (Lipinski definition) is 4. The smallest absolute Gasteiger partial charge is 0.339 e. The Hall–Kier alpha value is -6.32. The molecule has 0 radical (unpaired) electrons. The number of ether oxygens (including phenoxy) is 6. The highest BCUT2D eigenvalue weighted by atomic mass is 16.6. The molecule has 0 fully saturated rings. The van der Waals surface area contributed by atoms with Crippen molar-refractivity contribution in [3.63, 3.8) is 0 Å². The Morgan fingerprint density at radius 1 is 0.635 bits per heavy atom. The van der Waals surface area contributed by atoms with Gasteiger partial charge in [-0.3, -0.25) is 0 Å². The molecule has 14 nitrogen and oxygen atoms in total. The fraction of sp³-hybridized carbons (Fsp3) is 0.347. The third-order valence-corrected chi connectivity index (χ3v) is 10.3. The van der Waals surface area contributed by atoms with Crippen molar-refractivity contribution < 1.29 is 68.0 Å². The predicted molar refractivity (Wildman–Crippen MR) is 231 cm³/mol. The molecular weight excluding hydrogens is 813 g/mol. The van der Waals surface area contributed by atoms with Gasteiger partial charge in [-0.25, -0.2) is 19.2 Å². The lowest BCUT2D eigenvalue weighted by Crippen LogP contribution is -2.31. The molecule has 8 unspecified atom stereocenters. The highest BCUT2D eigenvalue weighted by Crippen LogP contribution is 2.33. The van der Waals surface area contributed by atoms with Gasteiger partial charge in [0, 0.05) is 49.2 Å². The maximum absolute atomic E-state index is 12.4. The van der Waals surface area contributed by atoms with Crippen LogP contribution in [0.5, 0.6) is 0 Å². The van der Waals surface area contributed by atoms with E-state index in [2.05, 4.69) is 13.2 Å². The first-order valence-corrected chi connectivity index (χ1v) is 20.7. The fourth-order valence-corrected chi connectivity index (χ4v) is 6.66. The van der Waals surface area contributed by atoms with Crippen LogP contribution in [0.25, 0.3) is 11.1 Å². The summed E-state index contributed by atoms with van der Waals surface area (Å²) in [7, 11) is 0. The van der Waals surface area contributed by atoms with Crippen LogP contribution in [0.1, 0.15) is 43.7 Å². The number of allylic oxidation sites excluding steroid dienone is 2. The number of benzene rings is 2. The molecule has 2 aromatic rings. The van der Waals surface area contributed by atoms with Crippen molar-refractivity contribution in [2.45, 2.75) is 69.2 Å². The van der Waals surface area contributed by atoms with E-state index in [1.165, 1.54) is 6.92 Å². The van der Waals surface area contributed by atoms with Crippen LogP contribution in [-0.4, -0.2) is 107 Å². The molecule has 8 atom stereocenters. The highest BCUT2D eigenvalue weighted by molar-refractivity contribution is 6.18. The Bertz CT molecular complexity index is 2110. The number of hydrogen-bond acceptors (Lipinski definition) is 14. The van der Waals surface area contributed by atoms with E-state index in [1.54, 1.807) is 24.3 Å². The van der Waals surface area contributed by atoms with Gasteiger partial charge in [0.25, 0.3) is 0 Å². The SMILES string of the molecule is C=C(C)C(=O)OCCC(O)C(O)CCOC1=CC2OC(=O)C(c3ccccc3)=CC2C=C1.C=CC(=O)OCCC(O)C(O)CCOC1=CC2OC(=O)C(c3ccccc3)=CC2C=C1. The average molecular weight is 867 g/mol. The summed E-state index contributed by atoms with van der Waals surface area (Å²) in [6.45, 7) is 8.60. The van der Waals surface area contributed by atoms with E-state index in [1.807, 2.05) is 85.0 Å². The van der Waals surface area contributed by atoms with Crippen molar-refractivity contribution in [1.82, 2.24) is 0 Å². The van der Waals surface area contributed by atoms with Crippen LogP contribution in [0.3, 0.4) is 0 Å². The molecule has 334 valence electrons. The van der Waals surface area contributed by atoms with Gasteiger partial charge in [0.05, 0.1) is 62.0 Å². The van der Waals surface area contributed by atoms with E-state index < -0.39 is 48.6 Å². The molecule has 2 aliphatic heterocycles. The standard InChI is InChI=1S/C25H28O7.C24H26O7/c1-16(2)24(28)31-13-11-22(27)21(26)10-12-30-19-9-8-18-14-20(17-6-4-3-5-7-17)25(29)32-23(18)15-19;1-2-23(27)30-13-11-21(26)20(25)10-12-29-18-9-8-17-14-19(16-6-4-3-5-7-16)24(28)31-22(17)15-18/h3-9,14-15,18,21-23,26-27H,1,10-13H2,2H3;2-9,14-15,17,20-22,25-26H,1,10-13H2. The number of aliphatic hydroxyl groups excluding tert-OH is 4. The van der Waals surface area contributed by atoms with Gasteiger partial charge in [-0.15, -0.1) is 0 Å². The van der Waals surface area contributed by atoms with Crippen molar-refractivity contribution in [1.29, 1.82) is 0 Å². The van der Waals surface area contributed by atoms with Crippen LogP contribution in [0.15, 0.2) is 146 Å². The third kappa shape index (κ3) is 14.4. The maximum atomic E-state index is 12.4. The molecule has 0 aromatic heterocycles. The molecule has 14 heteroatoms. The Morgan fingerprint density at radius 2 is 1.03 bits per heavy atom. The number of aliphatic hydroxyl groups is 4. The number of carbonyl (C=O) groups is 4. The normalized spacial score (nSPS) is 21.5. The quantitative estimate of drug-likeness (QED) is 0.0785. The van der Waals surface area contributed by atoms with Gasteiger partial charge in [-0.05, 0) is 42.4 Å². The van der Waals surface area contributed by atoms with Crippen LogP contribution in [0.2, 0.25) is 0 Å². The van der Waals surface area contributed by atoms with Crippen molar-refractivity contribution in [3.8, 4) is 0 Å². The van der Waals surface area contributed by atoms with E-state index in [9.17, 15) is 39.6 Å². The van der Waals surface area contributed by atoms with E-state index in [-0.39, 0.29) is 81.5 Å². The number of rotatable bonds is 20. The summed E-state index contributed by atoms with van der Waals surface area (Å²) in [5.41, 5.74) is 3.00. The molecule has 4 aliphatic rings. The molecule has 2 aliphatic carbocycles. The molecule has 0 saturated heterocycles. The van der Waals surface area contributed by atoms with Crippen molar-refractivity contribution in [3.05, 3.63) is 157 Å². The van der Waals surface area contributed by atoms with Crippen LogP contribution >= 0.6 is 0 Å². The third-order valence-electron chi connectivity index (χ3n) is 10.3. The van der Waals surface area contributed by atoms with Crippen molar-refractivity contribution in [2.24, 2.45) is 11.8 Å².